The number of alkyl halides is 3. The summed E-state index contributed by atoms with van der Waals surface area (Å²) in [6.45, 7) is 1.51. The standard InChI is InChI=1S/C21H15F3N4O3S/c1-10(32-20-27-26-19(28(20)2)21(22,23)24)18(31)25-11-7-8-14-15(9-11)17(30)13-6-4-3-5-12(13)16(14)29/h3-10H,1-2H3,(H,25,31)/t10-/m1/s1. The van der Waals surface area contributed by atoms with E-state index in [-0.39, 0.29) is 33.5 Å². The molecule has 1 aliphatic carbocycles. The van der Waals surface area contributed by atoms with Crippen LogP contribution in [0.2, 0.25) is 0 Å². The minimum absolute atomic E-state index is 0.0669. The van der Waals surface area contributed by atoms with E-state index in [0.29, 0.717) is 11.1 Å². The highest BCUT2D eigenvalue weighted by Crippen LogP contribution is 2.32. The van der Waals surface area contributed by atoms with Crippen molar-refractivity contribution in [3.8, 4) is 0 Å². The molecule has 0 aliphatic heterocycles. The summed E-state index contributed by atoms with van der Waals surface area (Å²) >= 11 is 0.811. The Morgan fingerprint density at radius 1 is 1.00 bits per heavy atom. The van der Waals surface area contributed by atoms with Gasteiger partial charge >= 0.3 is 6.18 Å². The van der Waals surface area contributed by atoms with Crippen molar-refractivity contribution in [2.75, 3.05) is 5.32 Å². The number of anilines is 1. The Bertz CT molecular complexity index is 1270. The fraction of sp³-hybridized carbons (Fsp3) is 0.190. The van der Waals surface area contributed by atoms with Gasteiger partial charge in [-0.2, -0.15) is 13.2 Å². The van der Waals surface area contributed by atoms with Crippen LogP contribution in [0, 0.1) is 0 Å². The third-order valence-electron chi connectivity index (χ3n) is 4.93. The van der Waals surface area contributed by atoms with Gasteiger partial charge in [0.2, 0.25) is 11.7 Å². The van der Waals surface area contributed by atoms with Gasteiger partial charge in [-0.05, 0) is 25.1 Å². The first-order valence-electron chi connectivity index (χ1n) is 9.34. The van der Waals surface area contributed by atoms with E-state index in [1.54, 1.807) is 24.3 Å². The van der Waals surface area contributed by atoms with Gasteiger partial charge in [0, 0.05) is 35.0 Å². The van der Waals surface area contributed by atoms with E-state index in [9.17, 15) is 27.6 Å². The Balaban J connectivity index is 1.52. The molecule has 7 nitrogen and oxygen atoms in total. The van der Waals surface area contributed by atoms with E-state index in [4.69, 9.17) is 0 Å². The van der Waals surface area contributed by atoms with Gasteiger partial charge in [-0.25, -0.2) is 0 Å². The highest BCUT2D eigenvalue weighted by molar-refractivity contribution is 8.00. The molecule has 164 valence electrons. The Kier molecular flexibility index (Phi) is 5.37. The van der Waals surface area contributed by atoms with Gasteiger partial charge in [0.25, 0.3) is 0 Å². The maximum atomic E-state index is 12.9. The number of fused-ring (bicyclic) bond motifs is 2. The maximum absolute atomic E-state index is 12.9. The summed E-state index contributed by atoms with van der Waals surface area (Å²) in [4.78, 5) is 38.1. The zero-order valence-corrected chi connectivity index (χ0v) is 17.5. The zero-order valence-electron chi connectivity index (χ0n) is 16.7. The van der Waals surface area contributed by atoms with Crippen LogP contribution in [0.5, 0.6) is 0 Å². The largest absolute Gasteiger partial charge is 0.451 e. The number of amides is 1. The number of nitrogens with one attached hydrogen (secondary N) is 1. The van der Waals surface area contributed by atoms with Gasteiger partial charge in [0.1, 0.15) is 0 Å². The normalized spacial score (nSPS) is 14.0. The molecule has 0 fully saturated rings. The van der Waals surface area contributed by atoms with Gasteiger partial charge in [-0.3, -0.25) is 14.4 Å². The number of benzene rings is 2. The lowest BCUT2D eigenvalue weighted by Crippen LogP contribution is -2.24. The lowest BCUT2D eigenvalue weighted by atomic mass is 9.84. The average Bonchev–Trinajstić information content (AvgIpc) is 3.12. The Labute approximate surface area is 184 Å². The Hall–Kier alpha value is -3.47. The number of carbonyl (C=O) groups is 3. The highest BCUT2D eigenvalue weighted by Gasteiger charge is 2.38. The molecule has 0 spiro atoms. The van der Waals surface area contributed by atoms with E-state index in [1.165, 1.54) is 32.2 Å². The molecule has 0 saturated heterocycles. The molecule has 1 amide bonds. The summed E-state index contributed by atoms with van der Waals surface area (Å²) in [6.07, 6.45) is -4.65. The molecule has 0 radical (unpaired) electrons. The van der Waals surface area contributed by atoms with Crippen molar-refractivity contribution < 1.29 is 27.6 Å². The van der Waals surface area contributed by atoms with Crippen LogP contribution < -0.4 is 5.32 Å². The molecule has 1 aromatic heterocycles. The second-order valence-electron chi connectivity index (χ2n) is 7.08. The number of aromatic nitrogens is 3. The Morgan fingerprint density at radius 3 is 2.19 bits per heavy atom. The molecular weight excluding hydrogens is 445 g/mol. The van der Waals surface area contributed by atoms with Crippen molar-refractivity contribution in [3.05, 3.63) is 70.5 Å². The average molecular weight is 460 g/mol. The summed E-state index contributed by atoms with van der Waals surface area (Å²) in [5, 5.41) is 8.38. The van der Waals surface area contributed by atoms with Crippen LogP contribution in [-0.4, -0.2) is 37.5 Å². The number of carbonyl (C=O) groups excluding carboxylic acids is 3. The fourth-order valence-electron chi connectivity index (χ4n) is 3.30. The summed E-state index contributed by atoms with van der Waals surface area (Å²) < 4.78 is 39.4. The third kappa shape index (κ3) is 3.79. The van der Waals surface area contributed by atoms with Crippen LogP contribution in [0.25, 0.3) is 0 Å². The second-order valence-corrected chi connectivity index (χ2v) is 8.38. The lowest BCUT2D eigenvalue weighted by molar-refractivity contribution is -0.147. The van der Waals surface area contributed by atoms with Gasteiger partial charge in [-0.1, -0.05) is 36.0 Å². The van der Waals surface area contributed by atoms with Crippen molar-refractivity contribution >= 4 is 34.9 Å². The minimum atomic E-state index is -4.65. The number of halogens is 3. The molecule has 1 N–H and O–H groups in total. The smallest absolute Gasteiger partial charge is 0.325 e. The highest BCUT2D eigenvalue weighted by atomic mass is 32.2. The van der Waals surface area contributed by atoms with Crippen molar-refractivity contribution in [1.82, 2.24) is 14.8 Å². The van der Waals surface area contributed by atoms with Crippen molar-refractivity contribution in [2.45, 2.75) is 23.5 Å². The number of rotatable bonds is 4. The SMILES string of the molecule is C[C@@H](Sc1nnc(C(F)(F)F)n1C)C(=O)Nc1ccc2c(c1)C(=O)c1ccccc1C2=O. The lowest BCUT2D eigenvalue weighted by Gasteiger charge is -2.18. The molecule has 11 heteroatoms. The minimum Gasteiger partial charge on any atom is -0.325 e. The van der Waals surface area contributed by atoms with E-state index < -0.39 is 23.2 Å². The maximum Gasteiger partial charge on any atom is 0.451 e. The number of ketones is 2. The molecule has 3 aromatic rings. The van der Waals surface area contributed by atoms with E-state index in [2.05, 4.69) is 15.5 Å². The molecule has 1 aliphatic rings. The van der Waals surface area contributed by atoms with Gasteiger partial charge in [0.05, 0.1) is 5.25 Å². The number of hydrogen-bond acceptors (Lipinski definition) is 6. The van der Waals surface area contributed by atoms with Crippen LogP contribution in [-0.2, 0) is 18.0 Å². The van der Waals surface area contributed by atoms with Crippen molar-refractivity contribution in [3.63, 3.8) is 0 Å². The van der Waals surface area contributed by atoms with Crippen LogP contribution in [0.4, 0.5) is 18.9 Å². The predicted octanol–water partition coefficient (Wildman–Crippen LogP) is 3.73. The van der Waals surface area contributed by atoms with Gasteiger partial charge < -0.3 is 9.88 Å². The molecule has 0 saturated carbocycles. The molecule has 0 bridgehead atoms. The number of nitrogens with zero attached hydrogens (tertiary/aromatic N) is 3. The molecule has 1 heterocycles. The van der Waals surface area contributed by atoms with E-state index in [0.717, 1.165) is 16.3 Å². The third-order valence-corrected chi connectivity index (χ3v) is 6.07. The number of hydrogen-bond donors (Lipinski definition) is 1. The molecule has 32 heavy (non-hydrogen) atoms. The molecule has 4 rings (SSSR count). The molecule has 2 aromatic carbocycles. The molecular formula is C21H15F3N4O3S. The van der Waals surface area contributed by atoms with Crippen molar-refractivity contribution in [2.24, 2.45) is 7.05 Å². The molecule has 0 unspecified atom stereocenters. The van der Waals surface area contributed by atoms with E-state index >= 15 is 0 Å². The summed E-state index contributed by atoms with van der Waals surface area (Å²) in [5.41, 5.74) is 1.33. The fourth-order valence-corrected chi connectivity index (χ4v) is 4.11. The molecule has 1 atom stereocenters. The van der Waals surface area contributed by atoms with E-state index in [1.807, 2.05) is 0 Å². The topological polar surface area (TPSA) is 93.9 Å². The monoisotopic (exact) mass is 460 g/mol. The second kappa shape index (κ2) is 7.90. The first-order chi connectivity index (χ1) is 15.1. The summed E-state index contributed by atoms with van der Waals surface area (Å²) in [7, 11) is 1.17. The summed E-state index contributed by atoms with van der Waals surface area (Å²) in [6, 6.07) is 10.9. The predicted molar refractivity (Wildman–Crippen MR) is 110 cm³/mol. The van der Waals surface area contributed by atoms with Gasteiger partial charge in [-0.15, -0.1) is 10.2 Å². The first kappa shape index (κ1) is 21.8. The van der Waals surface area contributed by atoms with Crippen LogP contribution in [0.1, 0.15) is 44.6 Å². The van der Waals surface area contributed by atoms with Gasteiger partial charge in [0.15, 0.2) is 16.7 Å². The van der Waals surface area contributed by atoms with Crippen LogP contribution in [0.3, 0.4) is 0 Å². The van der Waals surface area contributed by atoms with Crippen LogP contribution >= 0.6 is 11.8 Å². The van der Waals surface area contributed by atoms with Crippen LogP contribution in [0.15, 0.2) is 47.6 Å². The Morgan fingerprint density at radius 2 is 1.59 bits per heavy atom. The first-order valence-corrected chi connectivity index (χ1v) is 10.2. The summed E-state index contributed by atoms with van der Waals surface area (Å²) in [5.74, 6) is -2.28. The number of thioether (sulfide) groups is 1. The van der Waals surface area contributed by atoms with Crippen molar-refractivity contribution in [1.29, 1.82) is 0 Å². The quantitative estimate of drug-likeness (QED) is 0.467. The zero-order chi connectivity index (χ0) is 23.2.